The molecule has 60 valence electrons. The van der Waals surface area contributed by atoms with Crippen molar-refractivity contribution >= 4 is 11.3 Å². The number of nitrogens with zero attached hydrogens (tertiary/aromatic N) is 3. The highest BCUT2D eigenvalue weighted by Gasteiger charge is 2.01. The van der Waals surface area contributed by atoms with Crippen LogP contribution in [0.5, 0.6) is 0 Å². The number of hydrogen-bond acceptors (Lipinski definition) is 4. The van der Waals surface area contributed by atoms with Crippen LogP contribution in [0, 0.1) is 6.92 Å². The summed E-state index contributed by atoms with van der Waals surface area (Å²) in [4.78, 5) is 5.17. The molecule has 0 aliphatic heterocycles. The molecule has 0 aromatic carbocycles. The van der Waals surface area contributed by atoms with Crippen LogP contribution < -0.4 is 0 Å². The van der Waals surface area contributed by atoms with Gasteiger partial charge in [0.15, 0.2) is 5.82 Å². The zero-order valence-electron chi connectivity index (χ0n) is 6.56. The van der Waals surface area contributed by atoms with E-state index in [1.54, 1.807) is 23.7 Å². The first-order chi connectivity index (χ1) is 5.86. The van der Waals surface area contributed by atoms with Crippen molar-refractivity contribution < 1.29 is 0 Å². The van der Waals surface area contributed by atoms with Gasteiger partial charge in [0, 0.05) is 6.20 Å². The van der Waals surface area contributed by atoms with Crippen LogP contribution in [0.3, 0.4) is 0 Å². The summed E-state index contributed by atoms with van der Waals surface area (Å²) in [5, 5.41) is 9.75. The normalized spacial score (nSPS) is 10.1. The Bertz CT molecular complexity index is 369. The van der Waals surface area contributed by atoms with E-state index in [4.69, 9.17) is 0 Å². The zero-order chi connectivity index (χ0) is 8.39. The molecule has 0 aliphatic carbocycles. The minimum Gasteiger partial charge on any atom is -0.233 e. The predicted molar refractivity (Wildman–Crippen MR) is 47.9 cm³/mol. The number of aryl methyl sites for hydroxylation is 1. The summed E-state index contributed by atoms with van der Waals surface area (Å²) in [5.74, 6) is 0.704. The van der Waals surface area contributed by atoms with Gasteiger partial charge >= 0.3 is 0 Å². The van der Waals surface area contributed by atoms with Gasteiger partial charge in [0.1, 0.15) is 0 Å². The minimum absolute atomic E-state index is 0.704. The third kappa shape index (κ3) is 1.33. The van der Waals surface area contributed by atoms with Crippen LogP contribution in [0.2, 0.25) is 0 Å². The van der Waals surface area contributed by atoms with Crippen LogP contribution in [0.15, 0.2) is 23.8 Å². The van der Waals surface area contributed by atoms with E-state index in [9.17, 15) is 0 Å². The molecule has 0 saturated carbocycles. The average molecular weight is 177 g/mol. The van der Waals surface area contributed by atoms with E-state index >= 15 is 0 Å². The maximum Gasteiger partial charge on any atom is 0.191 e. The fraction of sp³-hybridized carbons (Fsp3) is 0.125. The summed E-state index contributed by atoms with van der Waals surface area (Å²) in [7, 11) is 0. The van der Waals surface area contributed by atoms with Crippen molar-refractivity contribution in [2.45, 2.75) is 6.92 Å². The van der Waals surface area contributed by atoms with Gasteiger partial charge in [-0.05, 0) is 23.9 Å². The second-order valence-corrected chi connectivity index (χ2v) is 3.37. The topological polar surface area (TPSA) is 38.7 Å². The van der Waals surface area contributed by atoms with Gasteiger partial charge in [0.05, 0.1) is 11.1 Å². The summed E-state index contributed by atoms with van der Waals surface area (Å²) in [6.45, 7) is 2.05. The minimum atomic E-state index is 0.704. The van der Waals surface area contributed by atoms with E-state index in [2.05, 4.69) is 33.6 Å². The molecule has 0 fully saturated rings. The smallest absolute Gasteiger partial charge is 0.191 e. The Morgan fingerprint density at radius 3 is 2.83 bits per heavy atom. The van der Waals surface area contributed by atoms with Crippen molar-refractivity contribution in [2.24, 2.45) is 0 Å². The molecular formula is C8H7N3S. The van der Waals surface area contributed by atoms with E-state index < -0.39 is 0 Å². The van der Waals surface area contributed by atoms with E-state index in [-0.39, 0.29) is 0 Å². The Balaban J connectivity index is 2.45. The maximum atomic E-state index is 4.10. The van der Waals surface area contributed by atoms with Gasteiger partial charge in [-0.15, -0.1) is 16.4 Å². The second kappa shape index (κ2) is 2.98. The molecule has 0 N–H and O–H groups in total. The molecule has 4 heteroatoms. The Kier molecular flexibility index (Phi) is 1.83. The molecule has 0 amide bonds. The molecular weight excluding hydrogens is 170 g/mol. The second-order valence-electron chi connectivity index (χ2n) is 2.45. The summed E-state index contributed by atoms with van der Waals surface area (Å²) < 4.78 is 0. The van der Waals surface area contributed by atoms with Gasteiger partial charge in [0.25, 0.3) is 0 Å². The van der Waals surface area contributed by atoms with E-state index in [1.807, 2.05) is 0 Å². The third-order valence-corrected chi connectivity index (χ3v) is 2.48. The van der Waals surface area contributed by atoms with Crippen LogP contribution in [0.4, 0.5) is 0 Å². The molecule has 0 atom stereocenters. The third-order valence-electron chi connectivity index (χ3n) is 1.43. The Morgan fingerprint density at radius 1 is 1.33 bits per heavy atom. The molecule has 0 aliphatic rings. The van der Waals surface area contributed by atoms with Gasteiger partial charge in [-0.25, -0.2) is 4.98 Å². The van der Waals surface area contributed by atoms with Crippen LogP contribution in [0.1, 0.15) is 5.56 Å². The lowest BCUT2D eigenvalue weighted by atomic mass is 10.3. The van der Waals surface area contributed by atoms with Crippen LogP contribution in [0.25, 0.3) is 10.7 Å². The molecule has 2 heterocycles. The maximum absolute atomic E-state index is 4.10. The molecule has 2 aromatic heterocycles. The highest BCUT2D eigenvalue weighted by atomic mass is 32.1. The van der Waals surface area contributed by atoms with Gasteiger partial charge in [-0.2, -0.15) is 5.10 Å². The first-order valence-electron chi connectivity index (χ1n) is 3.55. The quantitative estimate of drug-likeness (QED) is 0.667. The van der Waals surface area contributed by atoms with Crippen molar-refractivity contribution in [3.05, 3.63) is 29.4 Å². The summed E-state index contributed by atoms with van der Waals surface area (Å²) >= 11 is 1.64. The lowest BCUT2D eigenvalue weighted by Crippen LogP contribution is -1.86. The summed E-state index contributed by atoms with van der Waals surface area (Å²) in [6, 6.07) is 2.06. The molecule has 0 radical (unpaired) electrons. The fourth-order valence-electron chi connectivity index (χ4n) is 0.909. The Morgan fingerprint density at radius 2 is 2.25 bits per heavy atom. The van der Waals surface area contributed by atoms with Crippen molar-refractivity contribution in [3.63, 3.8) is 0 Å². The standard InChI is InChI=1S/C8H7N3S/c1-6-4-7(12-5-6)8-9-2-3-10-11-8/h2-5H,1H3. The molecule has 0 bridgehead atoms. The monoisotopic (exact) mass is 177 g/mol. The highest BCUT2D eigenvalue weighted by Crippen LogP contribution is 2.22. The lowest BCUT2D eigenvalue weighted by Gasteiger charge is -1.89. The average Bonchev–Trinajstić information content (AvgIpc) is 2.54. The van der Waals surface area contributed by atoms with Gasteiger partial charge in [-0.1, -0.05) is 0 Å². The number of hydrogen-bond donors (Lipinski definition) is 0. The Hall–Kier alpha value is -1.29. The first-order valence-corrected chi connectivity index (χ1v) is 4.43. The SMILES string of the molecule is Cc1csc(-c2nccnn2)c1. The van der Waals surface area contributed by atoms with Crippen molar-refractivity contribution in [1.82, 2.24) is 15.2 Å². The molecule has 12 heavy (non-hydrogen) atoms. The van der Waals surface area contributed by atoms with Gasteiger partial charge in [0.2, 0.25) is 0 Å². The van der Waals surface area contributed by atoms with Gasteiger partial charge < -0.3 is 0 Å². The molecule has 0 spiro atoms. The number of rotatable bonds is 1. The van der Waals surface area contributed by atoms with Crippen molar-refractivity contribution in [2.75, 3.05) is 0 Å². The van der Waals surface area contributed by atoms with Crippen LogP contribution in [-0.4, -0.2) is 15.2 Å². The van der Waals surface area contributed by atoms with Crippen LogP contribution >= 0.6 is 11.3 Å². The molecule has 2 aromatic rings. The van der Waals surface area contributed by atoms with Crippen molar-refractivity contribution in [1.29, 1.82) is 0 Å². The molecule has 3 nitrogen and oxygen atoms in total. The van der Waals surface area contributed by atoms with Crippen molar-refractivity contribution in [3.8, 4) is 10.7 Å². The number of thiophene rings is 1. The number of aromatic nitrogens is 3. The Labute approximate surface area is 74.1 Å². The zero-order valence-corrected chi connectivity index (χ0v) is 7.38. The highest BCUT2D eigenvalue weighted by molar-refractivity contribution is 7.13. The predicted octanol–water partition coefficient (Wildman–Crippen LogP) is 1.91. The first kappa shape index (κ1) is 7.36. The lowest BCUT2D eigenvalue weighted by molar-refractivity contribution is 0.983. The van der Waals surface area contributed by atoms with E-state index in [0.29, 0.717) is 5.82 Å². The van der Waals surface area contributed by atoms with E-state index in [1.165, 1.54) is 5.56 Å². The van der Waals surface area contributed by atoms with Gasteiger partial charge in [-0.3, -0.25) is 0 Å². The van der Waals surface area contributed by atoms with Crippen LogP contribution in [-0.2, 0) is 0 Å². The molecule has 0 saturated heterocycles. The molecule has 0 unspecified atom stereocenters. The largest absolute Gasteiger partial charge is 0.233 e. The summed E-state index contributed by atoms with van der Waals surface area (Å²) in [6.07, 6.45) is 3.22. The summed E-state index contributed by atoms with van der Waals surface area (Å²) in [5.41, 5.74) is 1.24. The van der Waals surface area contributed by atoms with E-state index in [0.717, 1.165) is 4.88 Å². The molecule has 2 rings (SSSR count). The fourth-order valence-corrected chi connectivity index (χ4v) is 1.74.